The number of hydrogen-bond acceptors (Lipinski definition) is 4. The van der Waals surface area contributed by atoms with Crippen LogP contribution >= 0.6 is 0 Å². The average molecular weight is 583 g/mol. The molecule has 0 bridgehead atoms. The van der Waals surface area contributed by atoms with Gasteiger partial charge in [0.2, 0.25) is 11.8 Å². The molecule has 7 heteroatoms. The summed E-state index contributed by atoms with van der Waals surface area (Å²) in [6.07, 6.45) is 8.03. The second-order valence-corrected chi connectivity index (χ2v) is 12.2. The van der Waals surface area contributed by atoms with Crippen molar-refractivity contribution >= 4 is 28.5 Å². The summed E-state index contributed by atoms with van der Waals surface area (Å²) < 4.78 is 0. The first-order valence-electron chi connectivity index (χ1n) is 16.2. The normalized spacial score (nSPS) is 20.4. The number of rotatable bonds is 11. The Morgan fingerprint density at radius 1 is 0.930 bits per heavy atom. The van der Waals surface area contributed by atoms with Crippen LogP contribution in [0.3, 0.4) is 0 Å². The van der Waals surface area contributed by atoms with Gasteiger partial charge < -0.3 is 20.9 Å². The number of benzene rings is 3. The van der Waals surface area contributed by atoms with Gasteiger partial charge in [-0.1, -0.05) is 86.8 Å². The van der Waals surface area contributed by atoms with E-state index < -0.39 is 6.04 Å². The Kier molecular flexibility index (Phi) is 10.8. The molecule has 0 spiro atoms. The topological polar surface area (TPSA) is 90.5 Å². The molecule has 3 amide bonds. The highest BCUT2D eigenvalue weighted by Crippen LogP contribution is 2.23. The van der Waals surface area contributed by atoms with E-state index in [-0.39, 0.29) is 35.7 Å². The van der Waals surface area contributed by atoms with Gasteiger partial charge in [-0.25, -0.2) is 0 Å². The van der Waals surface area contributed by atoms with Gasteiger partial charge in [0.05, 0.1) is 6.04 Å². The Morgan fingerprint density at radius 2 is 1.67 bits per heavy atom. The molecule has 43 heavy (non-hydrogen) atoms. The van der Waals surface area contributed by atoms with E-state index in [2.05, 4.69) is 35.0 Å². The van der Waals surface area contributed by atoms with Gasteiger partial charge in [0.1, 0.15) is 0 Å². The predicted octanol–water partition coefficient (Wildman–Crippen LogP) is 5.55. The zero-order valence-electron chi connectivity index (χ0n) is 25.4. The number of carbonyl (C=O) groups excluding carboxylic acids is 3. The number of nitrogens with zero attached hydrogens (tertiary/aromatic N) is 1. The standard InChI is InChI=1S/C36H46N4O3/c1-2-26(27-11-5-3-6-12-27)25-40-22-21-32(24-37-35(42)30-18-17-28-13-9-10-14-29(28)23-30)38-33(36(40)43)19-20-34(41)39-31-15-7-4-8-16-31/h3,5-6,9-14,17-18,23,26,31-33,38H,2,4,7-8,15-16,19-22,24-25H2,1H3,(H,37,42)(H,39,41)/t26?,32-,33-/m0/s1. The van der Waals surface area contributed by atoms with Gasteiger partial charge in [-0.15, -0.1) is 0 Å². The molecule has 1 unspecified atom stereocenters. The van der Waals surface area contributed by atoms with Crippen molar-refractivity contribution < 1.29 is 14.4 Å². The maximum atomic E-state index is 13.9. The first-order chi connectivity index (χ1) is 21.0. The molecule has 1 heterocycles. The van der Waals surface area contributed by atoms with Gasteiger partial charge in [-0.05, 0) is 60.6 Å². The van der Waals surface area contributed by atoms with Crippen molar-refractivity contribution in [2.45, 2.75) is 88.8 Å². The lowest BCUT2D eigenvalue weighted by Crippen LogP contribution is -2.49. The zero-order chi connectivity index (χ0) is 30.0. The third kappa shape index (κ3) is 8.44. The van der Waals surface area contributed by atoms with Crippen LogP contribution in [0.4, 0.5) is 0 Å². The fourth-order valence-electron chi connectivity index (χ4n) is 6.56. The molecule has 3 atom stereocenters. The molecule has 3 aromatic rings. The third-order valence-corrected chi connectivity index (χ3v) is 9.15. The van der Waals surface area contributed by atoms with Crippen molar-refractivity contribution in [2.24, 2.45) is 0 Å². The Labute approximate surface area is 255 Å². The molecule has 2 fully saturated rings. The lowest BCUT2D eigenvalue weighted by atomic mass is 9.95. The summed E-state index contributed by atoms with van der Waals surface area (Å²) in [5.41, 5.74) is 1.85. The van der Waals surface area contributed by atoms with Crippen LogP contribution in [0.2, 0.25) is 0 Å². The van der Waals surface area contributed by atoms with E-state index in [1.807, 2.05) is 65.6 Å². The highest BCUT2D eigenvalue weighted by atomic mass is 16.2. The Morgan fingerprint density at radius 3 is 2.44 bits per heavy atom. The Hall–Kier alpha value is -3.71. The van der Waals surface area contributed by atoms with Gasteiger partial charge in [-0.2, -0.15) is 0 Å². The lowest BCUT2D eigenvalue weighted by Gasteiger charge is -2.29. The lowest BCUT2D eigenvalue weighted by molar-refractivity contribution is -0.133. The summed E-state index contributed by atoms with van der Waals surface area (Å²) in [6.45, 7) is 3.82. The molecule has 0 radical (unpaired) electrons. The molecular formula is C36H46N4O3. The molecule has 1 saturated heterocycles. The van der Waals surface area contributed by atoms with E-state index >= 15 is 0 Å². The minimum absolute atomic E-state index is 0.0224. The number of carbonyl (C=O) groups is 3. The molecule has 2 aliphatic rings. The summed E-state index contributed by atoms with van der Waals surface area (Å²) in [4.78, 5) is 41.8. The summed E-state index contributed by atoms with van der Waals surface area (Å²) in [6, 6.07) is 23.8. The average Bonchev–Trinajstić information content (AvgIpc) is 3.19. The van der Waals surface area contributed by atoms with Crippen molar-refractivity contribution in [1.29, 1.82) is 0 Å². The second-order valence-electron chi connectivity index (χ2n) is 12.2. The van der Waals surface area contributed by atoms with E-state index in [0.29, 0.717) is 38.0 Å². The summed E-state index contributed by atoms with van der Waals surface area (Å²) in [5, 5.41) is 12.0. The van der Waals surface area contributed by atoms with Gasteiger partial charge in [0.25, 0.3) is 5.91 Å². The SMILES string of the molecule is CCC(CN1CC[C@@H](CNC(=O)c2ccc3ccccc3c2)N[C@@H](CCC(=O)NC2CCCCC2)C1=O)c1ccccc1. The van der Waals surface area contributed by atoms with Crippen LogP contribution in [0, 0.1) is 0 Å². The molecule has 3 aromatic carbocycles. The molecule has 3 N–H and O–H groups in total. The maximum Gasteiger partial charge on any atom is 0.251 e. The predicted molar refractivity (Wildman–Crippen MR) is 172 cm³/mol. The summed E-state index contributed by atoms with van der Waals surface area (Å²) >= 11 is 0. The van der Waals surface area contributed by atoms with E-state index in [1.165, 1.54) is 12.0 Å². The van der Waals surface area contributed by atoms with Gasteiger partial charge in [0, 0.05) is 49.6 Å². The van der Waals surface area contributed by atoms with Crippen molar-refractivity contribution in [1.82, 2.24) is 20.9 Å². The molecule has 1 saturated carbocycles. The first-order valence-corrected chi connectivity index (χ1v) is 16.2. The van der Waals surface area contributed by atoms with Crippen LogP contribution < -0.4 is 16.0 Å². The van der Waals surface area contributed by atoms with Gasteiger partial charge >= 0.3 is 0 Å². The largest absolute Gasteiger partial charge is 0.353 e. The molecule has 5 rings (SSSR count). The Balaban J connectivity index is 1.24. The van der Waals surface area contributed by atoms with E-state index in [0.717, 1.165) is 49.3 Å². The van der Waals surface area contributed by atoms with Gasteiger partial charge in [0.15, 0.2) is 0 Å². The molecule has 7 nitrogen and oxygen atoms in total. The second kappa shape index (κ2) is 15.1. The molecule has 1 aliphatic heterocycles. The number of hydrogen-bond donors (Lipinski definition) is 3. The van der Waals surface area contributed by atoms with Gasteiger partial charge in [-0.3, -0.25) is 14.4 Å². The summed E-state index contributed by atoms with van der Waals surface area (Å²) in [5.74, 6) is 0.181. The molecule has 228 valence electrons. The van der Waals surface area contributed by atoms with Crippen LogP contribution in [0.25, 0.3) is 10.8 Å². The van der Waals surface area contributed by atoms with Crippen LogP contribution in [0.1, 0.15) is 86.6 Å². The van der Waals surface area contributed by atoms with Crippen molar-refractivity contribution in [3.05, 3.63) is 83.9 Å². The minimum atomic E-state index is -0.476. The van der Waals surface area contributed by atoms with E-state index in [4.69, 9.17) is 0 Å². The van der Waals surface area contributed by atoms with E-state index in [1.54, 1.807) is 0 Å². The fraction of sp³-hybridized carbons (Fsp3) is 0.472. The van der Waals surface area contributed by atoms with E-state index in [9.17, 15) is 14.4 Å². The van der Waals surface area contributed by atoms with Crippen LogP contribution in [0.5, 0.6) is 0 Å². The highest BCUT2D eigenvalue weighted by Gasteiger charge is 2.32. The smallest absolute Gasteiger partial charge is 0.251 e. The zero-order valence-corrected chi connectivity index (χ0v) is 25.4. The quantitative estimate of drug-likeness (QED) is 0.277. The van der Waals surface area contributed by atoms with Crippen LogP contribution in [-0.2, 0) is 9.59 Å². The van der Waals surface area contributed by atoms with Crippen molar-refractivity contribution in [3.8, 4) is 0 Å². The number of fused-ring (bicyclic) bond motifs is 1. The third-order valence-electron chi connectivity index (χ3n) is 9.15. The number of amides is 3. The highest BCUT2D eigenvalue weighted by molar-refractivity contribution is 5.98. The molecule has 0 aromatic heterocycles. The molecule has 1 aliphatic carbocycles. The Bertz CT molecular complexity index is 1370. The fourth-order valence-corrected chi connectivity index (χ4v) is 6.56. The first kappa shape index (κ1) is 30.7. The van der Waals surface area contributed by atoms with Crippen LogP contribution in [-0.4, -0.2) is 60.4 Å². The van der Waals surface area contributed by atoms with Crippen molar-refractivity contribution in [2.75, 3.05) is 19.6 Å². The summed E-state index contributed by atoms with van der Waals surface area (Å²) in [7, 11) is 0. The van der Waals surface area contributed by atoms with Crippen LogP contribution in [0.15, 0.2) is 72.8 Å². The molecular weight excluding hydrogens is 536 g/mol. The van der Waals surface area contributed by atoms with Crippen molar-refractivity contribution in [3.63, 3.8) is 0 Å². The number of nitrogens with one attached hydrogen (secondary N) is 3. The minimum Gasteiger partial charge on any atom is -0.353 e. The monoisotopic (exact) mass is 582 g/mol. The maximum absolute atomic E-state index is 13.9.